The third-order valence-corrected chi connectivity index (χ3v) is 3.42. The number of nitrogens with zero attached hydrogens (tertiary/aromatic N) is 2. The van der Waals surface area contributed by atoms with Gasteiger partial charge in [-0.15, -0.1) is 0 Å². The number of nitro groups is 1. The Kier molecular flexibility index (Phi) is 3.53. The van der Waals surface area contributed by atoms with Crippen LogP contribution in [0, 0.1) is 10.1 Å². The molecule has 0 fully saturated rings. The molecule has 3 aromatic rings. The van der Waals surface area contributed by atoms with Gasteiger partial charge in [0.1, 0.15) is 5.75 Å². The Hall–Kier alpha value is -2.47. The SMILES string of the molecule is O=[N+]([O-])c1c(Oc2cccc(Br)c2)ccc2ncccc12. The van der Waals surface area contributed by atoms with Crippen molar-refractivity contribution >= 4 is 32.5 Å². The molecule has 0 aliphatic carbocycles. The maximum absolute atomic E-state index is 11.4. The zero-order chi connectivity index (χ0) is 14.8. The highest BCUT2D eigenvalue weighted by Gasteiger charge is 2.20. The predicted octanol–water partition coefficient (Wildman–Crippen LogP) is 4.70. The minimum absolute atomic E-state index is 0.0828. The Balaban J connectivity index is 2.14. The van der Waals surface area contributed by atoms with Crippen LogP contribution in [0.2, 0.25) is 0 Å². The van der Waals surface area contributed by atoms with E-state index in [-0.39, 0.29) is 11.4 Å². The highest BCUT2D eigenvalue weighted by atomic mass is 79.9. The molecule has 0 saturated heterocycles. The second-order valence-electron chi connectivity index (χ2n) is 4.30. The molecule has 0 aliphatic rings. The fourth-order valence-corrected chi connectivity index (χ4v) is 2.42. The minimum atomic E-state index is -0.447. The van der Waals surface area contributed by atoms with E-state index in [1.54, 1.807) is 48.7 Å². The first kappa shape index (κ1) is 13.5. The van der Waals surface area contributed by atoms with E-state index in [1.165, 1.54) is 0 Å². The number of hydrogen-bond donors (Lipinski definition) is 0. The summed E-state index contributed by atoms with van der Waals surface area (Å²) in [7, 11) is 0. The predicted molar refractivity (Wildman–Crippen MR) is 82.6 cm³/mol. The van der Waals surface area contributed by atoms with Crippen LogP contribution < -0.4 is 4.74 Å². The summed E-state index contributed by atoms with van der Waals surface area (Å²) in [6.45, 7) is 0. The van der Waals surface area contributed by atoms with E-state index < -0.39 is 4.92 Å². The van der Waals surface area contributed by atoms with Crippen LogP contribution in [0.4, 0.5) is 5.69 Å². The monoisotopic (exact) mass is 344 g/mol. The lowest BCUT2D eigenvalue weighted by Gasteiger charge is -2.08. The molecule has 0 aliphatic heterocycles. The summed E-state index contributed by atoms with van der Waals surface area (Å²) in [4.78, 5) is 15.1. The summed E-state index contributed by atoms with van der Waals surface area (Å²) in [6, 6.07) is 13.7. The van der Waals surface area contributed by atoms with Gasteiger partial charge in [-0.05, 0) is 42.5 Å². The molecule has 0 atom stereocenters. The van der Waals surface area contributed by atoms with Gasteiger partial charge in [0.25, 0.3) is 0 Å². The van der Waals surface area contributed by atoms with Crippen molar-refractivity contribution in [1.82, 2.24) is 4.98 Å². The number of halogens is 1. The van der Waals surface area contributed by atoms with E-state index in [2.05, 4.69) is 20.9 Å². The third-order valence-electron chi connectivity index (χ3n) is 2.93. The number of fused-ring (bicyclic) bond motifs is 1. The van der Waals surface area contributed by atoms with E-state index in [9.17, 15) is 10.1 Å². The normalized spacial score (nSPS) is 10.5. The van der Waals surface area contributed by atoms with Crippen molar-refractivity contribution in [3.63, 3.8) is 0 Å². The van der Waals surface area contributed by atoms with E-state index in [0.29, 0.717) is 16.7 Å². The molecule has 0 saturated carbocycles. The Morgan fingerprint density at radius 2 is 2.00 bits per heavy atom. The maximum atomic E-state index is 11.4. The Labute approximate surface area is 128 Å². The molecule has 0 bridgehead atoms. The first-order valence-corrected chi connectivity index (χ1v) is 6.90. The van der Waals surface area contributed by atoms with Crippen LogP contribution in [-0.4, -0.2) is 9.91 Å². The number of rotatable bonds is 3. The van der Waals surface area contributed by atoms with Gasteiger partial charge in [-0.2, -0.15) is 0 Å². The van der Waals surface area contributed by atoms with Gasteiger partial charge in [0.15, 0.2) is 0 Å². The van der Waals surface area contributed by atoms with Crippen molar-refractivity contribution in [3.8, 4) is 11.5 Å². The number of ether oxygens (including phenoxy) is 1. The summed E-state index contributed by atoms with van der Waals surface area (Å²) in [5.74, 6) is 0.717. The quantitative estimate of drug-likeness (QED) is 0.510. The fourth-order valence-electron chi connectivity index (χ4n) is 2.04. The van der Waals surface area contributed by atoms with Crippen LogP contribution in [0.1, 0.15) is 0 Å². The molecule has 5 nitrogen and oxygen atoms in total. The summed E-state index contributed by atoms with van der Waals surface area (Å²) in [5.41, 5.74) is 0.478. The topological polar surface area (TPSA) is 65.3 Å². The number of aromatic nitrogens is 1. The van der Waals surface area contributed by atoms with Gasteiger partial charge in [0.05, 0.1) is 15.8 Å². The van der Waals surface area contributed by atoms with Gasteiger partial charge < -0.3 is 4.74 Å². The van der Waals surface area contributed by atoms with Gasteiger partial charge in [0, 0.05) is 10.7 Å². The lowest BCUT2D eigenvalue weighted by atomic mass is 10.1. The highest BCUT2D eigenvalue weighted by Crippen LogP contribution is 2.37. The molecular formula is C15H9BrN2O3. The van der Waals surface area contributed by atoms with Gasteiger partial charge in [-0.25, -0.2) is 0 Å². The van der Waals surface area contributed by atoms with Crippen molar-refractivity contribution in [2.75, 3.05) is 0 Å². The number of nitro benzene ring substituents is 1. The van der Waals surface area contributed by atoms with Crippen molar-refractivity contribution in [3.05, 3.63) is 69.3 Å². The van der Waals surface area contributed by atoms with Crippen LogP contribution in [0.25, 0.3) is 10.9 Å². The van der Waals surface area contributed by atoms with Crippen molar-refractivity contribution < 1.29 is 9.66 Å². The molecule has 21 heavy (non-hydrogen) atoms. The second-order valence-corrected chi connectivity index (χ2v) is 5.21. The molecule has 0 unspecified atom stereocenters. The average molecular weight is 345 g/mol. The van der Waals surface area contributed by atoms with Crippen LogP contribution in [-0.2, 0) is 0 Å². The molecule has 3 rings (SSSR count). The van der Waals surface area contributed by atoms with Gasteiger partial charge in [-0.1, -0.05) is 22.0 Å². The van der Waals surface area contributed by atoms with E-state index in [4.69, 9.17) is 4.74 Å². The van der Waals surface area contributed by atoms with Gasteiger partial charge >= 0.3 is 5.69 Å². The van der Waals surface area contributed by atoms with E-state index in [1.807, 2.05) is 6.07 Å². The number of hydrogen-bond acceptors (Lipinski definition) is 4. The molecule has 1 aromatic heterocycles. The lowest BCUT2D eigenvalue weighted by molar-refractivity contribution is -0.383. The van der Waals surface area contributed by atoms with Crippen LogP contribution in [0.5, 0.6) is 11.5 Å². The summed E-state index contributed by atoms with van der Waals surface area (Å²) >= 11 is 3.34. The van der Waals surface area contributed by atoms with Gasteiger partial charge in [0.2, 0.25) is 5.75 Å². The maximum Gasteiger partial charge on any atom is 0.320 e. The largest absolute Gasteiger partial charge is 0.450 e. The fraction of sp³-hybridized carbons (Fsp3) is 0. The Bertz CT molecular complexity index is 836. The number of benzene rings is 2. The van der Waals surface area contributed by atoms with Gasteiger partial charge in [-0.3, -0.25) is 15.1 Å². The van der Waals surface area contributed by atoms with Crippen LogP contribution >= 0.6 is 15.9 Å². The first-order chi connectivity index (χ1) is 10.1. The van der Waals surface area contributed by atoms with Crippen LogP contribution in [0.3, 0.4) is 0 Å². The molecule has 0 radical (unpaired) electrons. The Morgan fingerprint density at radius 1 is 1.14 bits per heavy atom. The second kappa shape index (κ2) is 5.49. The average Bonchev–Trinajstić information content (AvgIpc) is 2.46. The highest BCUT2D eigenvalue weighted by molar-refractivity contribution is 9.10. The molecule has 0 spiro atoms. The standard InChI is InChI=1S/C15H9BrN2O3/c16-10-3-1-4-11(9-10)21-14-7-6-13-12(5-2-8-17-13)15(14)18(19)20/h1-9H. The summed E-state index contributed by atoms with van der Waals surface area (Å²) in [5, 5.41) is 11.8. The summed E-state index contributed by atoms with van der Waals surface area (Å²) in [6.07, 6.45) is 1.60. The smallest absolute Gasteiger partial charge is 0.320 e. The zero-order valence-corrected chi connectivity index (χ0v) is 12.3. The zero-order valence-electron chi connectivity index (χ0n) is 10.7. The van der Waals surface area contributed by atoms with Crippen molar-refractivity contribution in [1.29, 1.82) is 0 Å². The molecule has 1 heterocycles. The molecule has 104 valence electrons. The van der Waals surface area contributed by atoms with Crippen LogP contribution in [0.15, 0.2) is 59.2 Å². The molecule has 2 aromatic carbocycles. The van der Waals surface area contributed by atoms with E-state index >= 15 is 0 Å². The van der Waals surface area contributed by atoms with Crippen molar-refractivity contribution in [2.45, 2.75) is 0 Å². The molecule has 0 N–H and O–H groups in total. The molecule has 0 amide bonds. The van der Waals surface area contributed by atoms with E-state index in [0.717, 1.165) is 4.47 Å². The first-order valence-electron chi connectivity index (χ1n) is 6.11. The molecule has 6 heteroatoms. The lowest BCUT2D eigenvalue weighted by Crippen LogP contribution is -1.95. The summed E-state index contributed by atoms with van der Waals surface area (Å²) < 4.78 is 6.50. The third kappa shape index (κ3) is 2.71. The molecular weight excluding hydrogens is 336 g/mol. The minimum Gasteiger partial charge on any atom is -0.450 e. The Morgan fingerprint density at radius 3 is 2.76 bits per heavy atom. The number of pyridine rings is 1. The van der Waals surface area contributed by atoms with Crippen molar-refractivity contribution in [2.24, 2.45) is 0 Å².